The predicted molar refractivity (Wildman–Crippen MR) is 132 cm³/mol. The molecule has 0 bridgehead atoms. The number of aromatic nitrogens is 3. The lowest BCUT2D eigenvalue weighted by molar-refractivity contribution is 0.0552. The van der Waals surface area contributed by atoms with E-state index in [2.05, 4.69) is 25.3 Å². The van der Waals surface area contributed by atoms with Gasteiger partial charge in [-0.2, -0.15) is 0 Å². The monoisotopic (exact) mass is 466 g/mol. The van der Waals surface area contributed by atoms with Crippen molar-refractivity contribution in [2.45, 2.75) is 71.6 Å². The molecule has 2 aromatic heterocycles. The fourth-order valence-electron chi connectivity index (χ4n) is 5.08. The highest BCUT2D eigenvalue weighted by Crippen LogP contribution is 2.34. The van der Waals surface area contributed by atoms with Gasteiger partial charge in [0.15, 0.2) is 5.82 Å². The summed E-state index contributed by atoms with van der Waals surface area (Å²) in [6.07, 6.45) is 4.70. The number of piperidine rings is 1. The van der Waals surface area contributed by atoms with Gasteiger partial charge in [0.05, 0.1) is 29.1 Å². The van der Waals surface area contributed by atoms with Gasteiger partial charge in [-0.05, 0) is 70.2 Å². The molecule has 1 aliphatic heterocycles. The molecule has 2 atom stereocenters. The average molecular weight is 467 g/mol. The molecule has 0 spiro atoms. The van der Waals surface area contributed by atoms with E-state index in [0.29, 0.717) is 41.7 Å². The molecule has 3 heterocycles. The van der Waals surface area contributed by atoms with Crippen LogP contribution in [0.25, 0.3) is 16.6 Å². The smallest absolute Gasteiger partial charge is 0.241 e. The number of fused-ring (bicyclic) bond motifs is 1. The third-order valence-electron chi connectivity index (χ3n) is 7.07. The Bertz CT molecular complexity index is 1240. The van der Waals surface area contributed by atoms with E-state index in [1.165, 1.54) is 30.0 Å². The lowest BCUT2D eigenvalue weighted by atomic mass is 9.89. The quantitative estimate of drug-likeness (QED) is 0.495. The molecule has 1 unspecified atom stereocenters. The number of hydrogen-bond donors (Lipinski definition) is 1. The van der Waals surface area contributed by atoms with E-state index >= 15 is 4.39 Å². The van der Waals surface area contributed by atoms with Crippen molar-refractivity contribution in [3.8, 4) is 11.1 Å². The second-order valence-electron chi connectivity index (χ2n) is 9.86. The summed E-state index contributed by atoms with van der Waals surface area (Å²) in [5, 5.41) is 7.67. The van der Waals surface area contributed by atoms with Crippen LogP contribution in [0.1, 0.15) is 50.8 Å². The zero-order valence-electron chi connectivity index (χ0n) is 20.3. The number of halogens is 2. The summed E-state index contributed by atoms with van der Waals surface area (Å²) >= 11 is 0. The second-order valence-corrected chi connectivity index (χ2v) is 9.86. The summed E-state index contributed by atoms with van der Waals surface area (Å²) in [6.45, 7) is 9.03. The molecular formula is C26H32F2N6. The van der Waals surface area contributed by atoms with Gasteiger partial charge in [-0.15, -0.1) is 5.10 Å². The standard InChI is InChI=1S/C26H32F2N6/c1-15(2)29-22-9-8-18(12-16(22)3)24-21(28)14-34-25(24)17(4)30-26(32-34)31-23-10-11-33(13-20(23)27)19-6-5-7-19/h8-9,12,14,19-20,23H,5-7,10-11,13H2,1-4H3,(H,31,32)/t20-,23?/m0/s1. The van der Waals surface area contributed by atoms with Crippen molar-refractivity contribution in [3.05, 3.63) is 41.5 Å². The van der Waals surface area contributed by atoms with Gasteiger partial charge in [-0.25, -0.2) is 18.3 Å². The van der Waals surface area contributed by atoms with E-state index < -0.39 is 6.17 Å². The first-order chi connectivity index (χ1) is 16.3. The summed E-state index contributed by atoms with van der Waals surface area (Å²) in [5.74, 6) is -0.0374. The van der Waals surface area contributed by atoms with Gasteiger partial charge in [-0.1, -0.05) is 12.5 Å². The second kappa shape index (κ2) is 9.06. The van der Waals surface area contributed by atoms with Gasteiger partial charge in [-0.3, -0.25) is 9.89 Å². The van der Waals surface area contributed by atoms with Crippen molar-refractivity contribution in [2.24, 2.45) is 4.99 Å². The Kier molecular flexibility index (Phi) is 6.10. The van der Waals surface area contributed by atoms with Gasteiger partial charge in [0.25, 0.3) is 0 Å². The first-order valence-electron chi connectivity index (χ1n) is 12.1. The molecule has 8 heteroatoms. The largest absolute Gasteiger partial charge is 0.347 e. The average Bonchev–Trinajstić information content (AvgIpc) is 3.06. The minimum Gasteiger partial charge on any atom is -0.347 e. The molecule has 1 aromatic carbocycles. The molecule has 34 heavy (non-hydrogen) atoms. The van der Waals surface area contributed by atoms with E-state index in [1.807, 2.05) is 45.9 Å². The predicted octanol–water partition coefficient (Wildman–Crippen LogP) is 5.64. The number of hydrogen-bond acceptors (Lipinski definition) is 5. The highest BCUT2D eigenvalue weighted by Gasteiger charge is 2.35. The number of nitrogens with one attached hydrogen (secondary N) is 1. The van der Waals surface area contributed by atoms with Crippen molar-refractivity contribution in [3.63, 3.8) is 0 Å². The van der Waals surface area contributed by atoms with E-state index in [1.54, 1.807) is 0 Å². The van der Waals surface area contributed by atoms with E-state index in [4.69, 9.17) is 0 Å². The molecule has 1 N–H and O–H groups in total. The summed E-state index contributed by atoms with van der Waals surface area (Å²) in [6, 6.07) is 5.93. The molecule has 2 aliphatic rings. The number of aryl methyl sites for hydroxylation is 2. The molecular weight excluding hydrogens is 434 g/mol. The minimum absolute atomic E-state index is 0.329. The number of likely N-dealkylation sites (tertiary alicyclic amines) is 1. The zero-order chi connectivity index (χ0) is 24.0. The van der Waals surface area contributed by atoms with Gasteiger partial charge < -0.3 is 5.32 Å². The van der Waals surface area contributed by atoms with Gasteiger partial charge >= 0.3 is 0 Å². The zero-order valence-corrected chi connectivity index (χ0v) is 20.3. The molecule has 180 valence electrons. The number of nitrogens with zero attached hydrogens (tertiary/aromatic N) is 5. The molecule has 5 rings (SSSR count). The molecule has 1 saturated heterocycles. The van der Waals surface area contributed by atoms with Crippen LogP contribution in [-0.2, 0) is 0 Å². The molecule has 6 nitrogen and oxygen atoms in total. The maximum absolute atomic E-state index is 15.1. The van der Waals surface area contributed by atoms with Crippen LogP contribution in [0.2, 0.25) is 0 Å². The van der Waals surface area contributed by atoms with E-state index in [0.717, 1.165) is 29.1 Å². The molecule has 0 amide bonds. The molecule has 1 saturated carbocycles. The van der Waals surface area contributed by atoms with Crippen molar-refractivity contribution in [1.82, 2.24) is 19.5 Å². The van der Waals surface area contributed by atoms with Crippen LogP contribution in [-0.4, -0.2) is 56.6 Å². The van der Waals surface area contributed by atoms with Crippen molar-refractivity contribution in [2.75, 3.05) is 18.4 Å². The van der Waals surface area contributed by atoms with Crippen LogP contribution in [0, 0.1) is 19.7 Å². The normalized spacial score (nSPS) is 21.5. The maximum Gasteiger partial charge on any atom is 0.241 e. The van der Waals surface area contributed by atoms with Crippen LogP contribution >= 0.6 is 0 Å². The Labute approximate surface area is 199 Å². The Balaban J connectivity index is 1.40. The van der Waals surface area contributed by atoms with Crippen molar-refractivity contribution in [1.29, 1.82) is 0 Å². The Morgan fingerprint density at radius 1 is 1.18 bits per heavy atom. The molecule has 2 fully saturated rings. The van der Waals surface area contributed by atoms with Crippen LogP contribution in [0.5, 0.6) is 0 Å². The lowest BCUT2D eigenvalue weighted by Crippen LogP contribution is -2.53. The Morgan fingerprint density at radius 2 is 1.97 bits per heavy atom. The summed E-state index contributed by atoms with van der Waals surface area (Å²) < 4.78 is 31.6. The minimum atomic E-state index is -0.984. The summed E-state index contributed by atoms with van der Waals surface area (Å²) in [7, 11) is 0. The van der Waals surface area contributed by atoms with Crippen LogP contribution in [0.4, 0.5) is 20.4 Å². The fraction of sp³-hybridized carbons (Fsp3) is 0.500. The van der Waals surface area contributed by atoms with Gasteiger partial charge in [0.2, 0.25) is 5.95 Å². The highest BCUT2D eigenvalue weighted by molar-refractivity contribution is 5.86. The third kappa shape index (κ3) is 4.31. The highest BCUT2D eigenvalue weighted by atomic mass is 19.1. The lowest BCUT2D eigenvalue weighted by Gasteiger charge is -2.43. The molecule has 0 radical (unpaired) electrons. The number of rotatable bonds is 5. The first kappa shape index (κ1) is 22.9. The number of benzene rings is 1. The van der Waals surface area contributed by atoms with Crippen LogP contribution in [0.15, 0.2) is 29.4 Å². The number of alkyl halides is 1. The maximum atomic E-state index is 15.1. The number of aliphatic imine (C=N–C) groups is 1. The summed E-state index contributed by atoms with van der Waals surface area (Å²) in [5.41, 5.74) is 5.28. The van der Waals surface area contributed by atoms with Crippen LogP contribution < -0.4 is 5.32 Å². The Hall–Kier alpha value is -2.87. The van der Waals surface area contributed by atoms with Crippen LogP contribution in [0.3, 0.4) is 0 Å². The Morgan fingerprint density at radius 3 is 2.62 bits per heavy atom. The van der Waals surface area contributed by atoms with Gasteiger partial charge in [0.1, 0.15) is 6.17 Å². The van der Waals surface area contributed by atoms with E-state index in [9.17, 15) is 4.39 Å². The topological polar surface area (TPSA) is 57.8 Å². The molecule has 3 aromatic rings. The third-order valence-corrected chi connectivity index (χ3v) is 7.07. The van der Waals surface area contributed by atoms with Crippen molar-refractivity contribution < 1.29 is 8.78 Å². The van der Waals surface area contributed by atoms with E-state index in [-0.39, 0.29) is 11.9 Å². The number of anilines is 1. The summed E-state index contributed by atoms with van der Waals surface area (Å²) in [4.78, 5) is 11.4. The van der Waals surface area contributed by atoms with Crippen molar-refractivity contribution >= 4 is 22.9 Å². The molecule has 1 aliphatic carbocycles. The first-order valence-corrected chi connectivity index (χ1v) is 12.1. The van der Waals surface area contributed by atoms with Gasteiger partial charge in [0, 0.05) is 30.4 Å². The SMILES string of the molecule is CC(C)=Nc1ccc(-c2c(F)cn3nc(NC4CCN(C5CCC5)C[C@@H]4F)nc(C)c23)cc1C. The fourth-order valence-corrected chi connectivity index (χ4v) is 5.08.